The molecule has 0 spiro atoms. The van der Waals surface area contributed by atoms with Gasteiger partial charge in [-0.15, -0.1) is 0 Å². The van der Waals surface area contributed by atoms with E-state index >= 15 is 0 Å². The molecule has 2 saturated heterocycles. The minimum Gasteiger partial charge on any atom is -0.317 e. The maximum atomic E-state index is 8.81. The van der Waals surface area contributed by atoms with E-state index in [0.717, 1.165) is 24.4 Å². The Hall–Kier alpha value is -0.450. The highest BCUT2D eigenvalue weighted by Crippen LogP contribution is 2.21. The number of nitrogens with zero attached hydrogens (tertiary/aromatic N) is 2. The summed E-state index contributed by atoms with van der Waals surface area (Å²) >= 11 is 0. The molecule has 4 heteroatoms. The summed E-state index contributed by atoms with van der Waals surface area (Å²) in [5, 5.41) is 3.41. The maximum absolute atomic E-state index is 8.81. The zero-order chi connectivity index (χ0) is 15.0. The average molecular weight is 283 g/mol. The Morgan fingerprint density at radius 3 is 1.95 bits per heavy atom. The predicted octanol–water partition coefficient (Wildman–Crippen LogP) is 1.75. The molecule has 2 fully saturated rings. The summed E-state index contributed by atoms with van der Waals surface area (Å²) in [6.45, 7) is 11.3. The van der Waals surface area contributed by atoms with Gasteiger partial charge in [-0.25, -0.2) is 0 Å². The Labute approximate surface area is 124 Å². The molecule has 0 aromatic rings. The molecular weight excluding hydrogens is 250 g/mol. The third-order valence-corrected chi connectivity index (χ3v) is 4.68. The first-order valence-electron chi connectivity index (χ1n) is 8.17. The highest BCUT2D eigenvalue weighted by molar-refractivity contribution is 5.44. The zero-order valence-corrected chi connectivity index (χ0v) is 13.8. The number of likely N-dealkylation sites (tertiary alicyclic amines) is 2. The molecule has 2 aliphatic rings. The predicted molar refractivity (Wildman–Crippen MR) is 85.1 cm³/mol. The fourth-order valence-electron chi connectivity index (χ4n) is 3.32. The van der Waals surface area contributed by atoms with Gasteiger partial charge in [-0.3, -0.25) is 0 Å². The van der Waals surface area contributed by atoms with Crippen LogP contribution in [0.5, 0.6) is 0 Å². The molecule has 118 valence electrons. The van der Waals surface area contributed by atoms with Gasteiger partial charge in [0.05, 0.1) is 0 Å². The van der Waals surface area contributed by atoms with Gasteiger partial charge in [0.1, 0.15) is 6.29 Å². The fourth-order valence-corrected chi connectivity index (χ4v) is 3.32. The normalized spacial score (nSPS) is 23.4. The van der Waals surface area contributed by atoms with Crippen molar-refractivity contribution < 1.29 is 4.79 Å². The molecular formula is C16H33N3O. The van der Waals surface area contributed by atoms with Crippen molar-refractivity contribution in [2.24, 2.45) is 0 Å². The molecule has 1 N–H and O–H groups in total. The van der Waals surface area contributed by atoms with E-state index in [0.29, 0.717) is 0 Å². The van der Waals surface area contributed by atoms with Crippen LogP contribution in [0.25, 0.3) is 0 Å². The molecule has 4 nitrogen and oxygen atoms in total. The SMILES string of the molecule is CC=O.CNC1CCN(C2CCN(C(C)C)CC2)CC1. The Morgan fingerprint density at radius 2 is 1.55 bits per heavy atom. The average Bonchev–Trinajstić information content (AvgIpc) is 2.48. The Balaban J connectivity index is 0.000000612. The Morgan fingerprint density at radius 1 is 1.05 bits per heavy atom. The molecule has 2 aliphatic heterocycles. The lowest BCUT2D eigenvalue weighted by molar-refractivity contribution is -0.106. The van der Waals surface area contributed by atoms with E-state index in [9.17, 15) is 0 Å². The zero-order valence-electron chi connectivity index (χ0n) is 13.8. The summed E-state index contributed by atoms with van der Waals surface area (Å²) in [5.41, 5.74) is 0. The molecule has 0 radical (unpaired) electrons. The summed E-state index contributed by atoms with van der Waals surface area (Å²) < 4.78 is 0. The van der Waals surface area contributed by atoms with Crippen molar-refractivity contribution in [1.82, 2.24) is 15.1 Å². The Kier molecular flexibility index (Phi) is 8.34. The van der Waals surface area contributed by atoms with E-state index in [4.69, 9.17) is 4.79 Å². The van der Waals surface area contributed by atoms with Gasteiger partial charge in [-0.2, -0.15) is 0 Å². The third-order valence-electron chi connectivity index (χ3n) is 4.68. The van der Waals surface area contributed by atoms with Crippen molar-refractivity contribution in [3.05, 3.63) is 0 Å². The number of aldehydes is 1. The highest BCUT2D eigenvalue weighted by atomic mass is 16.1. The van der Waals surface area contributed by atoms with Crippen molar-refractivity contribution in [3.63, 3.8) is 0 Å². The van der Waals surface area contributed by atoms with Gasteiger partial charge in [0.25, 0.3) is 0 Å². The van der Waals surface area contributed by atoms with Crippen LogP contribution >= 0.6 is 0 Å². The topological polar surface area (TPSA) is 35.6 Å². The van der Waals surface area contributed by atoms with Crippen LogP contribution in [0, 0.1) is 0 Å². The largest absolute Gasteiger partial charge is 0.317 e. The second-order valence-electron chi connectivity index (χ2n) is 6.20. The number of hydrogen-bond donors (Lipinski definition) is 1. The van der Waals surface area contributed by atoms with E-state index < -0.39 is 0 Å². The molecule has 0 amide bonds. The lowest BCUT2D eigenvalue weighted by atomic mass is 9.97. The second-order valence-corrected chi connectivity index (χ2v) is 6.20. The lowest BCUT2D eigenvalue weighted by Crippen LogP contribution is -2.50. The quantitative estimate of drug-likeness (QED) is 0.801. The molecule has 0 aliphatic carbocycles. The first-order chi connectivity index (χ1) is 9.62. The van der Waals surface area contributed by atoms with Crippen LogP contribution < -0.4 is 5.32 Å². The van der Waals surface area contributed by atoms with E-state index in [2.05, 4.69) is 36.0 Å². The van der Waals surface area contributed by atoms with Gasteiger partial charge in [0.15, 0.2) is 0 Å². The molecule has 20 heavy (non-hydrogen) atoms. The number of carbonyl (C=O) groups is 1. The maximum Gasteiger partial charge on any atom is 0.116 e. The first kappa shape index (κ1) is 17.6. The van der Waals surface area contributed by atoms with Gasteiger partial charge in [-0.1, -0.05) is 0 Å². The summed E-state index contributed by atoms with van der Waals surface area (Å²) in [4.78, 5) is 14.2. The van der Waals surface area contributed by atoms with E-state index in [1.54, 1.807) is 0 Å². The number of hydrogen-bond acceptors (Lipinski definition) is 4. The molecule has 0 bridgehead atoms. The lowest BCUT2D eigenvalue weighted by Gasteiger charge is -2.42. The minimum absolute atomic E-state index is 0.728. The summed E-state index contributed by atoms with van der Waals surface area (Å²) in [5.74, 6) is 0. The third kappa shape index (κ3) is 5.51. The van der Waals surface area contributed by atoms with Gasteiger partial charge in [-0.05, 0) is 79.7 Å². The van der Waals surface area contributed by atoms with Crippen LogP contribution in [0.2, 0.25) is 0 Å². The minimum atomic E-state index is 0.728. The number of nitrogens with one attached hydrogen (secondary N) is 1. The number of piperidine rings is 2. The van der Waals surface area contributed by atoms with Crippen molar-refractivity contribution in [2.45, 2.75) is 64.6 Å². The molecule has 0 aromatic heterocycles. The van der Waals surface area contributed by atoms with Crippen LogP contribution in [0.4, 0.5) is 0 Å². The highest BCUT2D eigenvalue weighted by Gasteiger charge is 2.28. The standard InChI is InChI=1S/C14H29N3.C2H4O/c1-12(2)16-10-6-14(7-11-16)17-8-4-13(15-3)5-9-17;1-2-3/h12-15H,4-11H2,1-3H3;2H,1H3. The number of carbonyl (C=O) groups excluding carboxylic acids is 1. The van der Waals surface area contributed by atoms with Gasteiger partial charge in [0, 0.05) is 18.1 Å². The second kappa shape index (κ2) is 9.48. The number of rotatable bonds is 3. The van der Waals surface area contributed by atoms with Crippen molar-refractivity contribution in [3.8, 4) is 0 Å². The van der Waals surface area contributed by atoms with E-state index in [1.807, 2.05) is 0 Å². The molecule has 0 unspecified atom stereocenters. The van der Waals surface area contributed by atoms with Crippen molar-refractivity contribution in [2.75, 3.05) is 33.2 Å². The van der Waals surface area contributed by atoms with Gasteiger partial charge < -0.3 is 19.9 Å². The van der Waals surface area contributed by atoms with Crippen LogP contribution in [0.15, 0.2) is 0 Å². The van der Waals surface area contributed by atoms with Crippen LogP contribution in [0.3, 0.4) is 0 Å². The Bertz CT molecular complexity index is 254. The van der Waals surface area contributed by atoms with Gasteiger partial charge in [0.2, 0.25) is 0 Å². The van der Waals surface area contributed by atoms with E-state index in [1.165, 1.54) is 58.8 Å². The van der Waals surface area contributed by atoms with Crippen LogP contribution in [0.1, 0.15) is 46.5 Å². The van der Waals surface area contributed by atoms with Gasteiger partial charge >= 0.3 is 0 Å². The summed E-state index contributed by atoms with van der Waals surface area (Å²) in [7, 11) is 2.10. The van der Waals surface area contributed by atoms with Crippen molar-refractivity contribution >= 4 is 6.29 Å². The van der Waals surface area contributed by atoms with Crippen LogP contribution in [-0.4, -0.2) is 67.4 Å². The van der Waals surface area contributed by atoms with Crippen molar-refractivity contribution in [1.29, 1.82) is 0 Å². The molecule has 0 atom stereocenters. The monoisotopic (exact) mass is 283 g/mol. The van der Waals surface area contributed by atoms with Crippen LogP contribution in [-0.2, 0) is 4.79 Å². The molecule has 2 rings (SSSR count). The molecule has 2 heterocycles. The summed E-state index contributed by atoms with van der Waals surface area (Å²) in [6, 6.07) is 2.36. The molecule has 0 aromatic carbocycles. The van der Waals surface area contributed by atoms with E-state index in [-0.39, 0.29) is 0 Å². The fraction of sp³-hybridized carbons (Fsp3) is 0.938. The smallest absolute Gasteiger partial charge is 0.116 e. The first-order valence-corrected chi connectivity index (χ1v) is 8.17. The molecule has 0 saturated carbocycles. The summed E-state index contributed by atoms with van der Waals surface area (Å²) in [6.07, 6.45) is 6.17.